The Labute approximate surface area is 308 Å². The summed E-state index contributed by atoms with van der Waals surface area (Å²) < 4.78 is 0. The molecule has 0 spiro atoms. The van der Waals surface area contributed by atoms with Gasteiger partial charge in [0, 0.05) is 43.1 Å². The molecule has 252 valence electrons. The third-order valence-corrected chi connectivity index (χ3v) is 10.7. The van der Waals surface area contributed by atoms with Crippen molar-refractivity contribution in [2.75, 3.05) is 0 Å². The molecule has 0 N–H and O–H groups in total. The number of rotatable bonds is 4. The molecule has 0 aromatic heterocycles. The summed E-state index contributed by atoms with van der Waals surface area (Å²) in [6.07, 6.45) is 0. The molecular weight excluding hydrogens is 665 g/mol. The Morgan fingerprint density at radius 1 is 0.241 bits per heavy atom. The lowest BCUT2D eigenvalue weighted by atomic mass is 9.87. The van der Waals surface area contributed by atoms with Crippen molar-refractivity contribution >= 4 is 53.9 Å². The van der Waals surface area contributed by atoms with Gasteiger partial charge in [0.2, 0.25) is 0 Å². The summed E-state index contributed by atoms with van der Waals surface area (Å²) in [5.41, 5.74) is 5.01. The Balaban J connectivity index is 1.33. The van der Waals surface area contributed by atoms with E-state index in [1.54, 1.807) is 24.3 Å². The van der Waals surface area contributed by atoms with Crippen molar-refractivity contribution in [3.05, 3.63) is 211 Å². The van der Waals surface area contributed by atoms with Gasteiger partial charge < -0.3 is 0 Å². The fourth-order valence-electron chi connectivity index (χ4n) is 8.22. The second-order valence-corrected chi connectivity index (χ2v) is 13.7. The normalized spacial score (nSPS) is 11.6. The molecule has 0 radical (unpaired) electrons. The third-order valence-electron chi connectivity index (χ3n) is 10.7. The van der Waals surface area contributed by atoms with Crippen molar-refractivity contribution in [3.63, 3.8) is 0 Å². The topological polar surface area (TPSA) is 68.3 Å². The fraction of sp³-hybridized carbons (Fsp3) is 0. The summed E-state index contributed by atoms with van der Waals surface area (Å²) in [5, 5.41) is 3.73. The molecule has 10 aromatic rings. The van der Waals surface area contributed by atoms with E-state index >= 15 is 0 Å². The summed E-state index contributed by atoms with van der Waals surface area (Å²) in [6.45, 7) is 0. The Morgan fingerprint density at radius 3 is 0.648 bits per heavy atom. The average Bonchev–Trinajstić information content (AvgIpc) is 3.24. The predicted molar refractivity (Wildman–Crippen MR) is 223 cm³/mol. The molecular formula is C50H28O4. The second-order valence-electron chi connectivity index (χ2n) is 13.7. The summed E-state index contributed by atoms with van der Waals surface area (Å²) in [6, 6.07) is 53.0. The maximum absolute atomic E-state index is 14.7. The zero-order valence-corrected chi connectivity index (χ0v) is 28.8. The third kappa shape index (κ3) is 4.70. The van der Waals surface area contributed by atoms with E-state index in [2.05, 4.69) is 0 Å². The Hall–Kier alpha value is -7.30. The molecule has 4 heteroatoms. The Morgan fingerprint density at radius 2 is 0.444 bits per heavy atom. The molecule has 10 aromatic carbocycles. The van der Waals surface area contributed by atoms with Crippen LogP contribution in [0.4, 0.5) is 0 Å². The first-order chi connectivity index (χ1) is 26.5. The first-order valence-corrected chi connectivity index (χ1v) is 17.8. The second kappa shape index (κ2) is 12.1. The van der Waals surface area contributed by atoms with Crippen LogP contribution in [0.3, 0.4) is 0 Å². The van der Waals surface area contributed by atoms with Gasteiger partial charge in [-0.3, -0.25) is 19.2 Å². The summed E-state index contributed by atoms with van der Waals surface area (Å²) in [4.78, 5) is 59.0. The maximum atomic E-state index is 14.7. The van der Waals surface area contributed by atoms with Crippen LogP contribution in [0, 0.1) is 0 Å². The number of hydrogen-bond acceptors (Lipinski definition) is 4. The lowest BCUT2D eigenvalue weighted by Crippen LogP contribution is -2.16. The predicted octanol–water partition coefficient (Wildman–Crippen LogP) is 10.4. The maximum Gasteiger partial charge on any atom is 0.195 e. The number of benzene rings is 10. The van der Waals surface area contributed by atoms with Gasteiger partial charge in [-0.15, -0.1) is 0 Å². The van der Waals surface area contributed by atoms with Gasteiger partial charge in [-0.2, -0.15) is 0 Å². The largest absolute Gasteiger partial charge is 0.289 e. The fourth-order valence-corrected chi connectivity index (χ4v) is 8.22. The van der Waals surface area contributed by atoms with Crippen molar-refractivity contribution in [1.29, 1.82) is 0 Å². The summed E-state index contributed by atoms with van der Waals surface area (Å²) in [5.74, 6) is 0. The molecule has 0 unspecified atom stereocenters. The molecule has 0 saturated heterocycles. The molecule has 0 heterocycles. The van der Waals surface area contributed by atoms with Crippen LogP contribution in [0.15, 0.2) is 189 Å². The van der Waals surface area contributed by atoms with Crippen LogP contribution in [0.2, 0.25) is 0 Å². The van der Waals surface area contributed by atoms with Crippen molar-refractivity contribution in [2.45, 2.75) is 0 Å². The highest BCUT2D eigenvalue weighted by Crippen LogP contribution is 2.37. The Bertz CT molecular complexity index is 2910. The highest BCUT2D eigenvalue weighted by molar-refractivity contribution is 6.16. The highest BCUT2D eigenvalue weighted by Gasteiger charge is 2.22. The number of fused-ring (bicyclic) bond motifs is 5. The minimum absolute atomic E-state index is 0.262. The average molecular weight is 693 g/mol. The molecule has 0 amide bonds. The van der Waals surface area contributed by atoms with Gasteiger partial charge >= 0.3 is 0 Å². The molecule has 0 fully saturated rings. The van der Waals surface area contributed by atoms with Gasteiger partial charge in [0.15, 0.2) is 21.7 Å². The van der Waals surface area contributed by atoms with Gasteiger partial charge in [0.25, 0.3) is 0 Å². The van der Waals surface area contributed by atoms with Crippen LogP contribution in [-0.4, -0.2) is 0 Å². The Kier molecular flexibility index (Phi) is 7.07. The van der Waals surface area contributed by atoms with E-state index < -0.39 is 0 Å². The van der Waals surface area contributed by atoms with Crippen molar-refractivity contribution in [1.82, 2.24) is 0 Å². The lowest BCUT2D eigenvalue weighted by Gasteiger charge is -2.14. The number of hydrogen-bond donors (Lipinski definition) is 0. The van der Waals surface area contributed by atoms with E-state index in [1.165, 1.54) is 0 Å². The van der Waals surface area contributed by atoms with E-state index in [0.717, 1.165) is 22.3 Å². The standard InChI is InChI=1S/C50H28O4/c51-47-39-25-33-27-41-42(50(54)46-38(32-19-11-4-12-20-32)24-23-37(45(46)49(41)53)31-17-9-3-10-18-31)28-34(33)26-40(39)48(52)44-36(30-15-7-2-8-16-30)22-21-35(43(44)47)29-13-5-1-6-14-29/h1-28H. The van der Waals surface area contributed by atoms with Crippen molar-refractivity contribution in [3.8, 4) is 44.5 Å². The van der Waals surface area contributed by atoms with Crippen LogP contribution in [0.1, 0.15) is 0 Å². The molecule has 0 aliphatic rings. The molecule has 0 atom stereocenters. The molecule has 54 heavy (non-hydrogen) atoms. The van der Waals surface area contributed by atoms with Crippen LogP contribution in [0.5, 0.6) is 0 Å². The zero-order chi connectivity index (χ0) is 36.5. The van der Waals surface area contributed by atoms with E-state index in [-0.39, 0.29) is 43.3 Å². The molecule has 0 aliphatic carbocycles. The minimum Gasteiger partial charge on any atom is -0.289 e. The quantitative estimate of drug-likeness (QED) is 0.172. The molecule has 10 rings (SSSR count). The van der Waals surface area contributed by atoms with E-state index in [1.807, 2.05) is 146 Å². The minimum atomic E-state index is -0.262. The van der Waals surface area contributed by atoms with Crippen LogP contribution < -0.4 is 21.7 Å². The van der Waals surface area contributed by atoms with Crippen molar-refractivity contribution < 1.29 is 0 Å². The SMILES string of the molecule is O=c1c2cc3cc4c(=O)c5c(-c6ccccc6)ccc(-c6ccccc6)c5c(=O)c4cc3cc2c(=O)c2c(-c3ccccc3)ccc(-c3ccccc3)c12. The molecule has 0 bridgehead atoms. The monoisotopic (exact) mass is 692 g/mol. The summed E-state index contributed by atoms with van der Waals surface area (Å²) in [7, 11) is 0. The van der Waals surface area contributed by atoms with Crippen molar-refractivity contribution in [2.24, 2.45) is 0 Å². The molecule has 0 aliphatic heterocycles. The first-order valence-electron chi connectivity index (χ1n) is 17.8. The smallest absolute Gasteiger partial charge is 0.195 e. The zero-order valence-electron chi connectivity index (χ0n) is 28.8. The van der Waals surface area contributed by atoms with Gasteiger partial charge in [-0.05, 0) is 79.5 Å². The van der Waals surface area contributed by atoms with Gasteiger partial charge in [0.05, 0.1) is 0 Å². The van der Waals surface area contributed by atoms with E-state index in [9.17, 15) is 19.2 Å². The van der Waals surface area contributed by atoms with Crippen LogP contribution >= 0.6 is 0 Å². The first kappa shape index (κ1) is 31.4. The molecule has 4 nitrogen and oxygen atoms in total. The van der Waals surface area contributed by atoms with Gasteiger partial charge in [-0.1, -0.05) is 146 Å². The van der Waals surface area contributed by atoms with Gasteiger partial charge in [0.1, 0.15) is 0 Å². The van der Waals surface area contributed by atoms with E-state index in [4.69, 9.17) is 0 Å². The molecule has 0 saturated carbocycles. The van der Waals surface area contributed by atoms with Gasteiger partial charge in [-0.25, -0.2) is 0 Å². The lowest BCUT2D eigenvalue weighted by molar-refractivity contribution is 1.60. The van der Waals surface area contributed by atoms with E-state index in [0.29, 0.717) is 54.6 Å². The highest BCUT2D eigenvalue weighted by atomic mass is 16.1. The van der Waals surface area contributed by atoms with Crippen LogP contribution in [0.25, 0.3) is 98.4 Å². The van der Waals surface area contributed by atoms with Crippen LogP contribution in [-0.2, 0) is 0 Å². The summed E-state index contributed by atoms with van der Waals surface area (Å²) >= 11 is 0.